The lowest BCUT2D eigenvalue weighted by atomic mass is 10.1. The molecule has 0 unspecified atom stereocenters. The average Bonchev–Trinajstić information content (AvgIpc) is 2.48. The fourth-order valence-corrected chi connectivity index (χ4v) is 2.19. The highest BCUT2D eigenvalue weighted by atomic mass is 16.5. The van der Waals surface area contributed by atoms with Crippen LogP contribution in [0.1, 0.15) is 43.7 Å². The third kappa shape index (κ3) is 6.66. The van der Waals surface area contributed by atoms with Crippen LogP contribution in [0, 0.1) is 11.8 Å². The van der Waals surface area contributed by atoms with Gasteiger partial charge in [0.15, 0.2) is 0 Å². The first-order valence-corrected chi connectivity index (χ1v) is 7.66. The van der Waals surface area contributed by atoms with E-state index in [1.807, 2.05) is 6.07 Å². The molecule has 1 rings (SSSR count). The quantitative estimate of drug-likeness (QED) is 0.590. The van der Waals surface area contributed by atoms with Gasteiger partial charge in [-0.1, -0.05) is 37.7 Å². The summed E-state index contributed by atoms with van der Waals surface area (Å²) in [5.74, 6) is 6.82. The van der Waals surface area contributed by atoms with Gasteiger partial charge in [0.1, 0.15) is 5.75 Å². The van der Waals surface area contributed by atoms with Gasteiger partial charge in [-0.05, 0) is 37.7 Å². The van der Waals surface area contributed by atoms with Crippen molar-refractivity contribution in [1.29, 1.82) is 0 Å². The number of hydrogen-bond donors (Lipinski definition) is 1. The normalized spacial score (nSPS) is 10.3. The maximum absolute atomic E-state index is 8.81. The molecule has 0 radical (unpaired) electrons. The van der Waals surface area contributed by atoms with Gasteiger partial charge in [-0.3, -0.25) is 0 Å². The van der Waals surface area contributed by atoms with Crippen LogP contribution in [0.4, 0.5) is 0 Å². The van der Waals surface area contributed by atoms with Crippen molar-refractivity contribution in [3.05, 3.63) is 29.3 Å². The molecule has 0 aliphatic carbocycles. The fraction of sp³-hybridized carbons (Fsp3) is 0.556. The highest BCUT2D eigenvalue weighted by Crippen LogP contribution is 2.19. The van der Waals surface area contributed by atoms with Crippen LogP contribution in [0.5, 0.6) is 5.75 Å². The number of unbranched alkanes of at least 4 members (excludes halogenated alkanes) is 2. The minimum Gasteiger partial charge on any atom is -0.495 e. The number of hydrogen-bond acceptors (Lipinski definition) is 3. The number of aliphatic hydroxyl groups excluding tert-OH is 1. The highest BCUT2D eigenvalue weighted by Gasteiger charge is 2.05. The summed E-state index contributed by atoms with van der Waals surface area (Å²) in [7, 11) is 3.81. The number of ether oxygens (including phenoxy) is 1. The molecule has 0 heterocycles. The van der Waals surface area contributed by atoms with Gasteiger partial charge in [-0.2, -0.15) is 0 Å². The van der Waals surface area contributed by atoms with Crippen LogP contribution in [0.2, 0.25) is 0 Å². The molecule has 0 saturated heterocycles. The second-order valence-electron chi connectivity index (χ2n) is 5.25. The summed E-state index contributed by atoms with van der Waals surface area (Å²) in [6.45, 7) is 4.35. The third-order valence-electron chi connectivity index (χ3n) is 3.32. The number of rotatable bonds is 8. The average molecular weight is 289 g/mol. The molecule has 0 saturated carbocycles. The molecule has 0 atom stereocenters. The van der Waals surface area contributed by atoms with E-state index in [0.717, 1.165) is 24.4 Å². The molecule has 3 nitrogen and oxygen atoms in total. The van der Waals surface area contributed by atoms with Gasteiger partial charge in [0.05, 0.1) is 19.3 Å². The van der Waals surface area contributed by atoms with Crippen LogP contribution < -0.4 is 4.74 Å². The van der Waals surface area contributed by atoms with E-state index in [4.69, 9.17) is 9.84 Å². The number of benzene rings is 1. The summed E-state index contributed by atoms with van der Waals surface area (Å²) < 4.78 is 5.34. The molecule has 0 fully saturated rings. The van der Waals surface area contributed by atoms with Crippen LogP contribution in [0.15, 0.2) is 18.2 Å². The molecule has 0 bridgehead atoms. The Balaban J connectivity index is 2.71. The monoisotopic (exact) mass is 289 g/mol. The molecule has 0 aromatic heterocycles. The number of aliphatic hydroxyl groups is 1. The van der Waals surface area contributed by atoms with E-state index < -0.39 is 0 Å². The van der Waals surface area contributed by atoms with E-state index in [9.17, 15) is 0 Å². The van der Waals surface area contributed by atoms with Gasteiger partial charge in [0, 0.05) is 13.0 Å². The van der Waals surface area contributed by atoms with E-state index in [-0.39, 0.29) is 6.61 Å². The van der Waals surface area contributed by atoms with E-state index >= 15 is 0 Å². The molecule has 0 aliphatic rings. The van der Waals surface area contributed by atoms with Crippen LogP contribution in [0.25, 0.3) is 0 Å². The van der Waals surface area contributed by atoms with Crippen molar-refractivity contribution < 1.29 is 9.84 Å². The second kappa shape index (κ2) is 10.3. The first-order valence-electron chi connectivity index (χ1n) is 7.66. The van der Waals surface area contributed by atoms with Crippen molar-refractivity contribution in [2.75, 3.05) is 27.3 Å². The molecule has 0 spiro atoms. The Morgan fingerprint density at radius 3 is 2.76 bits per heavy atom. The zero-order chi connectivity index (χ0) is 15.5. The van der Waals surface area contributed by atoms with Gasteiger partial charge < -0.3 is 14.7 Å². The van der Waals surface area contributed by atoms with E-state index in [1.165, 1.54) is 24.8 Å². The zero-order valence-corrected chi connectivity index (χ0v) is 13.5. The third-order valence-corrected chi connectivity index (χ3v) is 3.32. The molecular formula is C18H27NO2. The SMILES string of the molecule is CCCCCN(C)Cc1ccc(OC)c(C#CCCO)c1. The molecule has 116 valence electrons. The Hall–Kier alpha value is -1.50. The Morgan fingerprint density at radius 2 is 2.10 bits per heavy atom. The van der Waals surface area contributed by atoms with Gasteiger partial charge in [0.25, 0.3) is 0 Å². The van der Waals surface area contributed by atoms with Crippen molar-refractivity contribution in [2.45, 2.75) is 39.2 Å². The Labute approximate surface area is 128 Å². The zero-order valence-electron chi connectivity index (χ0n) is 13.5. The predicted molar refractivity (Wildman–Crippen MR) is 87.4 cm³/mol. The molecule has 1 N–H and O–H groups in total. The van der Waals surface area contributed by atoms with Crippen molar-refractivity contribution >= 4 is 0 Å². The smallest absolute Gasteiger partial charge is 0.134 e. The Bertz CT molecular complexity index is 474. The molecule has 1 aromatic carbocycles. The lowest BCUT2D eigenvalue weighted by Crippen LogP contribution is -2.19. The van der Waals surface area contributed by atoms with Gasteiger partial charge >= 0.3 is 0 Å². The topological polar surface area (TPSA) is 32.7 Å². The Kier molecular flexibility index (Phi) is 8.57. The van der Waals surface area contributed by atoms with Crippen LogP contribution >= 0.6 is 0 Å². The van der Waals surface area contributed by atoms with Crippen LogP contribution in [-0.4, -0.2) is 37.3 Å². The minimum absolute atomic E-state index is 0.0924. The summed E-state index contributed by atoms with van der Waals surface area (Å²) in [6.07, 6.45) is 4.27. The molecular weight excluding hydrogens is 262 g/mol. The first kappa shape index (κ1) is 17.6. The summed E-state index contributed by atoms with van der Waals surface area (Å²) >= 11 is 0. The molecule has 3 heteroatoms. The van der Waals surface area contributed by atoms with Gasteiger partial charge in [-0.15, -0.1) is 0 Å². The fourth-order valence-electron chi connectivity index (χ4n) is 2.19. The van der Waals surface area contributed by atoms with E-state index in [1.54, 1.807) is 7.11 Å². The molecule has 21 heavy (non-hydrogen) atoms. The van der Waals surface area contributed by atoms with Crippen molar-refractivity contribution in [3.63, 3.8) is 0 Å². The second-order valence-corrected chi connectivity index (χ2v) is 5.25. The summed E-state index contributed by atoms with van der Waals surface area (Å²) in [5.41, 5.74) is 2.13. The van der Waals surface area contributed by atoms with Gasteiger partial charge in [0.2, 0.25) is 0 Å². The molecule has 0 amide bonds. The predicted octanol–water partition coefficient (Wildman–Crippen LogP) is 3.05. The molecule has 1 aromatic rings. The summed E-state index contributed by atoms with van der Waals surface area (Å²) in [4.78, 5) is 2.34. The van der Waals surface area contributed by atoms with E-state index in [2.05, 4.69) is 42.8 Å². The largest absolute Gasteiger partial charge is 0.495 e. The number of methoxy groups -OCH3 is 1. The van der Waals surface area contributed by atoms with Crippen molar-refractivity contribution in [1.82, 2.24) is 4.90 Å². The standard InChI is InChI=1S/C18H27NO2/c1-4-5-7-12-19(2)15-16-10-11-18(21-3)17(14-16)9-6-8-13-20/h10-11,14,20H,4-5,7-8,12-13,15H2,1-3H3. The maximum Gasteiger partial charge on any atom is 0.134 e. The summed E-state index contributed by atoms with van der Waals surface area (Å²) in [6, 6.07) is 6.14. The first-order chi connectivity index (χ1) is 10.2. The van der Waals surface area contributed by atoms with Gasteiger partial charge in [-0.25, -0.2) is 0 Å². The lowest BCUT2D eigenvalue weighted by Gasteiger charge is -2.17. The number of nitrogens with zero attached hydrogens (tertiary/aromatic N) is 1. The van der Waals surface area contributed by atoms with Crippen LogP contribution in [-0.2, 0) is 6.54 Å². The molecule has 0 aliphatic heterocycles. The summed E-state index contributed by atoms with van der Waals surface area (Å²) in [5, 5.41) is 8.81. The minimum atomic E-state index is 0.0924. The van der Waals surface area contributed by atoms with Crippen LogP contribution in [0.3, 0.4) is 0 Å². The van der Waals surface area contributed by atoms with E-state index in [0.29, 0.717) is 6.42 Å². The maximum atomic E-state index is 8.81. The van der Waals surface area contributed by atoms with Crippen molar-refractivity contribution in [3.8, 4) is 17.6 Å². The van der Waals surface area contributed by atoms with Crippen molar-refractivity contribution in [2.24, 2.45) is 0 Å². The lowest BCUT2D eigenvalue weighted by molar-refractivity contribution is 0.305. The Morgan fingerprint density at radius 1 is 1.29 bits per heavy atom. The highest BCUT2D eigenvalue weighted by molar-refractivity contribution is 5.48.